The summed E-state index contributed by atoms with van der Waals surface area (Å²) >= 11 is 6.16. The minimum absolute atomic E-state index is 0.0708. The molecule has 2 N–H and O–H groups in total. The molecule has 126 valence electrons. The second-order valence-corrected chi connectivity index (χ2v) is 6.59. The largest absolute Gasteiger partial charge is 0.396 e. The van der Waals surface area contributed by atoms with Gasteiger partial charge in [0.05, 0.1) is 10.6 Å². The summed E-state index contributed by atoms with van der Waals surface area (Å²) in [6.07, 6.45) is 2.48. The van der Waals surface area contributed by atoms with Crippen LogP contribution >= 0.6 is 11.6 Å². The molecule has 1 aliphatic rings. The van der Waals surface area contributed by atoms with Crippen LogP contribution < -0.4 is 5.32 Å². The number of aliphatic hydroxyl groups excluding tert-OH is 1. The Kier molecular flexibility index (Phi) is 5.65. The zero-order valence-corrected chi connectivity index (χ0v) is 14.3. The zero-order valence-electron chi connectivity index (χ0n) is 13.6. The summed E-state index contributed by atoms with van der Waals surface area (Å²) in [4.78, 5) is 25.6. The average molecular weight is 339 g/mol. The van der Waals surface area contributed by atoms with Gasteiger partial charge in [0.15, 0.2) is 0 Å². The Morgan fingerprint density at radius 1 is 1.35 bits per heavy atom. The molecule has 1 fully saturated rings. The predicted molar refractivity (Wildman–Crippen MR) is 90.7 cm³/mol. The normalized spacial score (nSPS) is 17.0. The standard InChI is InChI=1S/C17H23ClN2O3/c1-3-17(11-21)6-8-20(9-7-17)16(23)14-10-13(19-12(2)22)4-5-15(14)18/h4-5,10,21H,3,6-9,11H2,1-2H3,(H,19,22). The van der Waals surface area contributed by atoms with Crippen LogP contribution in [0.25, 0.3) is 0 Å². The van der Waals surface area contributed by atoms with Gasteiger partial charge in [0.25, 0.3) is 5.91 Å². The summed E-state index contributed by atoms with van der Waals surface area (Å²) in [6.45, 7) is 4.85. The minimum Gasteiger partial charge on any atom is -0.396 e. The molecule has 1 heterocycles. The number of nitrogens with one attached hydrogen (secondary N) is 1. The van der Waals surface area contributed by atoms with E-state index in [2.05, 4.69) is 12.2 Å². The Hall–Kier alpha value is -1.59. The van der Waals surface area contributed by atoms with Crippen molar-refractivity contribution in [1.29, 1.82) is 0 Å². The van der Waals surface area contributed by atoms with E-state index in [0.717, 1.165) is 19.3 Å². The van der Waals surface area contributed by atoms with Crippen LogP contribution in [0.2, 0.25) is 5.02 Å². The lowest BCUT2D eigenvalue weighted by Crippen LogP contribution is -2.44. The van der Waals surface area contributed by atoms with E-state index in [-0.39, 0.29) is 23.8 Å². The fourth-order valence-corrected chi connectivity index (χ4v) is 3.15. The molecule has 2 rings (SSSR count). The van der Waals surface area contributed by atoms with Gasteiger partial charge in [-0.05, 0) is 42.9 Å². The van der Waals surface area contributed by atoms with Crippen molar-refractivity contribution < 1.29 is 14.7 Å². The van der Waals surface area contributed by atoms with Crippen LogP contribution in [-0.4, -0.2) is 41.5 Å². The number of hydrogen-bond donors (Lipinski definition) is 2. The number of carbonyl (C=O) groups excluding carboxylic acids is 2. The van der Waals surface area contributed by atoms with E-state index in [9.17, 15) is 14.7 Å². The lowest BCUT2D eigenvalue weighted by molar-refractivity contribution is -0.114. The van der Waals surface area contributed by atoms with Crippen LogP contribution in [0, 0.1) is 5.41 Å². The molecular weight excluding hydrogens is 316 g/mol. The fraction of sp³-hybridized carbons (Fsp3) is 0.529. The number of rotatable bonds is 4. The summed E-state index contributed by atoms with van der Waals surface area (Å²) in [5, 5.41) is 12.6. The number of carbonyl (C=O) groups is 2. The Bertz CT molecular complexity index is 590. The van der Waals surface area contributed by atoms with Crippen molar-refractivity contribution in [3.05, 3.63) is 28.8 Å². The molecule has 6 heteroatoms. The lowest BCUT2D eigenvalue weighted by atomic mass is 9.77. The Morgan fingerprint density at radius 2 is 2.00 bits per heavy atom. The number of likely N-dealkylation sites (tertiary alicyclic amines) is 1. The van der Waals surface area contributed by atoms with E-state index in [0.29, 0.717) is 29.4 Å². The Labute approximate surface area is 141 Å². The molecule has 1 aromatic carbocycles. The topological polar surface area (TPSA) is 69.6 Å². The number of hydrogen-bond acceptors (Lipinski definition) is 3. The first kappa shape index (κ1) is 17.8. The third-order valence-corrected chi connectivity index (χ3v) is 5.04. The molecule has 0 radical (unpaired) electrons. The van der Waals surface area contributed by atoms with Crippen molar-refractivity contribution in [2.75, 3.05) is 25.0 Å². The summed E-state index contributed by atoms with van der Waals surface area (Å²) in [7, 11) is 0. The van der Waals surface area contributed by atoms with Gasteiger partial charge >= 0.3 is 0 Å². The number of anilines is 1. The van der Waals surface area contributed by atoms with Crippen LogP contribution in [0.4, 0.5) is 5.69 Å². The van der Waals surface area contributed by atoms with Crippen molar-refractivity contribution in [3.63, 3.8) is 0 Å². The minimum atomic E-state index is -0.195. The number of aliphatic hydroxyl groups is 1. The summed E-state index contributed by atoms with van der Waals surface area (Å²) < 4.78 is 0. The molecule has 0 bridgehead atoms. The van der Waals surface area contributed by atoms with E-state index in [1.165, 1.54) is 6.92 Å². The van der Waals surface area contributed by atoms with Crippen LogP contribution in [0.5, 0.6) is 0 Å². The van der Waals surface area contributed by atoms with Gasteiger partial charge in [-0.3, -0.25) is 9.59 Å². The molecule has 23 heavy (non-hydrogen) atoms. The maximum atomic E-state index is 12.7. The van der Waals surface area contributed by atoms with E-state index < -0.39 is 0 Å². The van der Waals surface area contributed by atoms with Crippen molar-refractivity contribution in [2.45, 2.75) is 33.1 Å². The zero-order chi connectivity index (χ0) is 17.0. The van der Waals surface area contributed by atoms with Gasteiger partial charge in [0.2, 0.25) is 5.91 Å². The molecule has 0 atom stereocenters. The van der Waals surface area contributed by atoms with E-state index in [4.69, 9.17) is 11.6 Å². The molecule has 0 aromatic heterocycles. The quantitative estimate of drug-likeness (QED) is 0.886. The van der Waals surface area contributed by atoms with Crippen LogP contribution in [0.1, 0.15) is 43.5 Å². The number of amides is 2. The monoisotopic (exact) mass is 338 g/mol. The number of halogens is 1. The van der Waals surface area contributed by atoms with Gasteiger partial charge in [-0.15, -0.1) is 0 Å². The van der Waals surface area contributed by atoms with Gasteiger partial charge in [0, 0.05) is 32.3 Å². The lowest BCUT2D eigenvalue weighted by Gasteiger charge is -2.40. The van der Waals surface area contributed by atoms with Crippen LogP contribution in [-0.2, 0) is 4.79 Å². The van der Waals surface area contributed by atoms with E-state index in [1.807, 2.05) is 0 Å². The van der Waals surface area contributed by atoms with Crippen LogP contribution in [0.15, 0.2) is 18.2 Å². The highest BCUT2D eigenvalue weighted by molar-refractivity contribution is 6.34. The second kappa shape index (κ2) is 7.32. The first-order valence-electron chi connectivity index (χ1n) is 7.88. The highest BCUT2D eigenvalue weighted by Crippen LogP contribution is 2.35. The molecule has 1 saturated heterocycles. The molecule has 1 aliphatic heterocycles. The number of piperidine rings is 1. The van der Waals surface area contributed by atoms with E-state index >= 15 is 0 Å². The van der Waals surface area contributed by atoms with Gasteiger partial charge < -0.3 is 15.3 Å². The summed E-state index contributed by atoms with van der Waals surface area (Å²) in [5.74, 6) is -0.329. The molecule has 0 spiro atoms. The molecular formula is C17H23ClN2O3. The molecule has 2 amide bonds. The maximum Gasteiger partial charge on any atom is 0.255 e. The molecule has 0 unspecified atom stereocenters. The third kappa shape index (κ3) is 4.03. The SMILES string of the molecule is CCC1(CO)CCN(C(=O)c2cc(NC(C)=O)ccc2Cl)CC1. The number of nitrogens with zero attached hydrogens (tertiary/aromatic N) is 1. The smallest absolute Gasteiger partial charge is 0.255 e. The van der Waals surface area contributed by atoms with Crippen molar-refractivity contribution in [2.24, 2.45) is 5.41 Å². The molecule has 1 aromatic rings. The first-order valence-corrected chi connectivity index (χ1v) is 8.26. The Morgan fingerprint density at radius 3 is 2.52 bits per heavy atom. The van der Waals surface area contributed by atoms with Crippen molar-refractivity contribution in [1.82, 2.24) is 4.90 Å². The summed E-state index contributed by atoms with van der Waals surface area (Å²) in [6, 6.07) is 4.90. The first-order chi connectivity index (χ1) is 10.9. The van der Waals surface area contributed by atoms with Crippen LogP contribution in [0.3, 0.4) is 0 Å². The van der Waals surface area contributed by atoms with Gasteiger partial charge in [-0.1, -0.05) is 18.5 Å². The van der Waals surface area contributed by atoms with Crippen molar-refractivity contribution >= 4 is 29.1 Å². The van der Waals surface area contributed by atoms with E-state index in [1.54, 1.807) is 23.1 Å². The second-order valence-electron chi connectivity index (χ2n) is 6.18. The predicted octanol–water partition coefficient (Wildman–Crippen LogP) is 2.92. The highest BCUT2D eigenvalue weighted by Gasteiger charge is 2.34. The maximum absolute atomic E-state index is 12.7. The third-order valence-electron chi connectivity index (χ3n) is 4.71. The molecule has 0 saturated carbocycles. The van der Waals surface area contributed by atoms with Gasteiger partial charge in [0.1, 0.15) is 0 Å². The van der Waals surface area contributed by atoms with Gasteiger partial charge in [-0.25, -0.2) is 0 Å². The fourth-order valence-electron chi connectivity index (χ4n) is 2.95. The summed E-state index contributed by atoms with van der Waals surface area (Å²) in [5.41, 5.74) is 0.880. The van der Waals surface area contributed by atoms with Gasteiger partial charge in [-0.2, -0.15) is 0 Å². The Balaban J connectivity index is 2.13. The highest BCUT2D eigenvalue weighted by atomic mass is 35.5. The number of benzene rings is 1. The average Bonchev–Trinajstić information content (AvgIpc) is 2.55. The van der Waals surface area contributed by atoms with Crippen molar-refractivity contribution in [3.8, 4) is 0 Å². The molecule has 0 aliphatic carbocycles. The molecule has 5 nitrogen and oxygen atoms in total.